The Morgan fingerprint density at radius 2 is 1.69 bits per heavy atom. The quantitative estimate of drug-likeness (QED) is 0.566. The molecule has 0 fully saturated rings. The molecule has 0 saturated heterocycles. The number of hydrogen-bond donors (Lipinski definition) is 0. The minimum absolute atomic E-state index is 0.336. The van der Waals surface area contributed by atoms with Crippen molar-refractivity contribution in [2.75, 3.05) is 0 Å². The van der Waals surface area contributed by atoms with Crippen molar-refractivity contribution in [2.45, 2.75) is 26.8 Å². The summed E-state index contributed by atoms with van der Waals surface area (Å²) in [5.41, 5.74) is 3.46. The van der Waals surface area contributed by atoms with Gasteiger partial charge in [-0.05, 0) is 24.5 Å². The molecular weight excluding hydrogens is 330 g/mol. The lowest BCUT2D eigenvalue weighted by Gasteiger charge is -2.07. The number of fused-ring (bicyclic) bond motifs is 3. The van der Waals surface area contributed by atoms with Crippen LogP contribution in [0.15, 0.2) is 40.1 Å². The van der Waals surface area contributed by atoms with E-state index >= 15 is 0 Å². The molecule has 3 heterocycles. The highest BCUT2D eigenvalue weighted by atomic mass is 16.2. The second kappa shape index (κ2) is 5.72. The molecule has 26 heavy (non-hydrogen) atoms. The van der Waals surface area contributed by atoms with Gasteiger partial charge in [-0.15, -0.1) is 0 Å². The van der Waals surface area contributed by atoms with Crippen LogP contribution in [0.2, 0.25) is 0 Å². The maximum Gasteiger partial charge on any atom is 0.332 e. The third-order valence-electron chi connectivity index (χ3n) is 5.03. The first-order valence-corrected chi connectivity index (χ1v) is 8.74. The molecule has 1 aromatic carbocycles. The van der Waals surface area contributed by atoms with Gasteiger partial charge in [0.25, 0.3) is 5.56 Å². The number of nitrogens with zero attached hydrogens (tertiary/aromatic N) is 5. The number of benzene rings is 1. The van der Waals surface area contributed by atoms with Crippen molar-refractivity contribution in [1.82, 2.24) is 23.1 Å². The van der Waals surface area contributed by atoms with Gasteiger partial charge < -0.3 is 4.57 Å². The fraction of sp³-hybridized carbons (Fsp3) is 0.316. The van der Waals surface area contributed by atoms with E-state index in [1.54, 1.807) is 11.4 Å². The van der Waals surface area contributed by atoms with E-state index in [-0.39, 0.29) is 11.2 Å². The first-order valence-electron chi connectivity index (χ1n) is 8.74. The lowest BCUT2D eigenvalue weighted by molar-refractivity contribution is 0.707. The zero-order valence-electron chi connectivity index (χ0n) is 15.4. The van der Waals surface area contributed by atoms with Crippen LogP contribution in [0.3, 0.4) is 0 Å². The number of hydrogen-bond acceptors (Lipinski definition) is 3. The van der Waals surface area contributed by atoms with E-state index in [0.717, 1.165) is 22.2 Å². The first kappa shape index (κ1) is 16.4. The number of rotatable bonds is 3. The van der Waals surface area contributed by atoms with Crippen molar-refractivity contribution < 1.29 is 0 Å². The Labute approximate surface area is 149 Å². The van der Waals surface area contributed by atoms with Gasteiger partial charge in [0.05, 0.1) is 5.69 Å². The predicted octanol–water partition coefficient (Wildman–Crippen LogP) is 1.94. The highest BCUT2D eigenvalue weighted by Crippen LogP contribution is 2.25. The van der Waals surface area contributed by atoms with Gasteiger partial charge in [0.15, 0.2) is 11.2 Å². The molecule has 0 N–H and O–H groups in total. The van der Waals surface area contributed by atoms with Gasteiger partial charge >= 0.3 is 5.69 Å². The van der Waals surface area contributed by atoms with Crippen LogP contribution < -0.4 is 11.2 Å². The fourth-order valence-electron chi connectivity index (χ4n) is 3.47. The summed E-state index contributed by atoms with van der Waals surface area (Å²) in [5.74, 6) is 0.662. The Kier molecular flexibility index (Phi) is 3.61. The summed E-state index contributed by atoms with van der Waals surface area (Å²) in [6, 6.07) is 8.42. The molecule has 7 nitrogen and oxygen atoms in total. The third kappa shape index (κ3) is 2.09. The second-order valence-corrected chi connectivity index (χ2v) is 6.47. The average Bonchev–Trinajstić information content (AvgIpc) is 3.20. The predicted molar refractivity (Wildman–Crippen MR) is 102 cm³/mol. The average molecular weight is 351 g/mol. The van der Waals surface area contributed by atoms with Crippen LogP contribution in [-0.4, -0.2) is 23.1 Å². The molecule has 0 saturated carbocycles. The summed E-state index contributed by atoms with van der Waals surface area (Å²) in [6.07, 6.45) is 2.92. The zero-order chi connectivity index (χ0) is 18.6. The van der Waals surface area contributed by atoms with Crippen LogP contribution in [0.4, 0.5) is 0 Å². The minimum Gasteiger partial charge on any atom is -0.310 e. The van der Waals surface area contributed by atoms with Gasteiger partial charge in [0, 0.05) is 26.8 Å². The Morgan fingerprint density at radius 1 is 1.00 bits per heavy atom. The Balaban J connectivity index is 2.08. The van der Waals surface area contributed by atoms with Crippen LogP contribution >= 0.6 is 0 Å². The van der Waals surface area contributed by atoms with Gasteiger partial charge in [-0.25, -0.2) is 4.79 Å². The highest BCUT2D eigenvalue weighted by molar-refractivity contribution is 5.78. The molecule has 0 atom stereocenters. The Morgan fingerprint density at radius 3 is 2.31 bits per heavy atom. The summed E-state index contributed by atoms with van der Waals surface area (Å²) in [7, 11) is 3.13. The summed E-state index contributed by atoms with van der Waals surface area (Å²) in [5, 5.41) is 0. The van der Waals surface area contributed by atoms with E-state index in [9.17, 15) is 9.59 Å². The highest BCUT2D eigenvalue weighted by Gasteiger charge is 2.20. The van der Waals surface area contributed by atoms with E-state index in [0.29, 0.717) is 23.5 Å². The zero-order valence-corrected chi connectivity index (χ0v) is 15.4. The summed E-state index contributed by atoms with van der Waals surface area (Å²) in [6.45, 7) is 4.88. The lowest BCUT2D eigenvalue weighted by Crippen LogP contribution is -2.37. The molecule has 7 heteroatoms. The van der Waals surface area contributed by atoms with Crippen molar-refractivity contribution in [3.63, 3.8) is 0 Å². The molecule has 3 aromatic heterocycles. The van der Waals surface area contributed by atoms with Crippen molar-refractivity contribution in [2.24, 2.45) is 14.1 Å². The standard InChI is InChI=1S/C19H21N5O2/c1-5-12-7-9-13(10-8-12)14-11-24-15-16(20-18(24)23(14)6-2)21(3)19(26)22(4)17(15)25/h7-11H,5-6H2,1-4H3. The largest absolute Gasteiger partial charge is 0.332 e. The van der Waals surface area contributed by atoms with Gasteiger partial charge in [0.1, 0.15) is 0 Å². The normalized spacial score (nSPS) is 11.7. The first-order chi connectivity index (χ1) is 12.5. The molecule has 0 aliphatic rings. The summed E-state index contributed by atoms with van der Waals surface area (Å²) < 4.78 is 6.39. The Hall–Kier alpha value is -3.09. The number of imidazole rings is 2. The molecule has 4 aromatic rings. The van der Waals surface area contributed by atoms with Gasteiger partial charge in [-0.3, -0.25) is 18.3 Å². The number of aryl methyl sites for hydroxylation is 3. The van der Waals surface area contributed by atoms with Crippen molar-refractivity contribution in [1.29, 1.82) is 0 Å². The molecule has 134 valence electrons. The molecule has 0 amide bonds. The van der Waals surface area contributed by atoms with Crippen molar-refractivity contribution in [3.8, 4) is 11.3 Å². The van der Waals surface area contributed by atoms with Crippen molar-refractivity contribution >= 4 is 16.9 Å². The smallest absolute Gasteiger partial charge is 0.310 e. The molecule has 0 radical (unpaired) electrons. The molecular formula is C19H21N5O2. The molecule has 4 rings (SSSR count). The van der Waals surface area contributed by atoms with E-state index in [1.165, 1.54) is 17.2 Å². The van der Waals surface area contributed by atoms with Crippen LogP contribution in [0, 0.1) is 0 Å². The maximum atomic E-state index is 12.7. The molecule has 0 unspecified atom stereocenters. The van der Waals surface area contributed by atoms with E-state index in [1.807, 2.05) is 13.1 Å². The molecule has 0 aliphatic carbocycles. The fourth-order valence-corrected chi connectivity index (χ4v) is 3.47. The SMILES string of the molecule is CCc1ccc(-c2cn3c4c(=O)n(C)c(=O)n(C)c4nc3n2CC)cc1. The molecule has 0 spiro atoms. The van der Waals surface area contributed by atoms with Gasteiger partial charge in [0.2, 0.25) is 5.78 Å². The van der Waals surface area contributed by atoms with E-state index in [4.69, 9.17) is 0 Å². The summed E-state index contributed by atoms with van der Waals surface area (Å²) >= 11 is 0. The van der Waals surface area contributed by atoms with Crippen LogP contribution in [0.25, 0.3) is 28.2 Å². The summed E-state index contributed by atoms with van der Waals surface area (Å²) in [4.78, 5) is 29.5. The number of aromatic nitrogens is 5. The second-order valence-electron chi connectivity index (χ2n) is 6.47. The van der Waals surface area contributed by atoms with E-state index < -0.39 is 0 Å². The Bertz CT molecular complexity index is 1250. The molecule has 0 aliphatic heterocycles. The van der Waals surface area contributed by atoms with Crippen molar-refractivity contribution in [3.05, 3.63) is 56.9 Å². The van der Waals surface area contributed by atoms with Crippen LogP contribution in [-0.2, 0) is 27.1 Å². The van der Waals surface area contributed by atoms with Crippen LogP contribution in [0.5, 0.6) is 0 Å². The lowest BCUT2D eigenvalue weighted by atomic mass is 10.1. The monoisotopic (exact) mass is 351 g/mol. The van der Waals surface area contributed by atoms with Crippen LogP contribution in [0.1, 0.15) is 19.4 Å². The van der Waals surface area contributed by atoms with Gasteiger partial charge in [-0.2, -0.15) is 4.98 Å². The minimum atomic E-state index is -0.373. The van der Waals surface area contributed by atoms with Gasteiger partial charge in [-0.1, -0.05) is 31.2 Å². The maximum absolute atomic E-state index is 12.7. The third-order valence-corrected chi connectivity index (χ3v) is 5.03. The van der Waals surface area contributed by atoms with E-state index in [2.05, 4.69) is 40.7 Å². The molecule has 0 bridgehead atoms. The topological polar surface area (TPSA) is 66.2 Å².